The first-order valence-corrected chi connectivity index (χ1v) is 7.06. The Morgan fingerprint density at radius 3 is 2.50 bits per heavy atom. The van der Waals surface area contributed by atoms with E-state index in [0.717, 1.165) is 11.4 Å². The van der Waals surface area contributed by atoms with E-state index >= 15 is 0 Å². The molecule has 0 unspecified atom stereocenters. The average molecular weight is 290 g/mol. The number of rotatable bonds is 3. The molecule has 1 fully saturated rings. The van der Waals surface area contributed by atoms with E-state index in [0.29, 0.717) is 13.0 Å². The summed E-state index contributed by atoms with van der Waals surface area (Å²) in [5.41, 5.74) is 0.744. The molecule has 1 N–H and O–H groups in total. The lowest BCUT2D eigenvalue weighted by Gasteiger charge is -2.36. The lowest BCUT2D eigenvalue weighted by Crippen LogP contribution is -2.40. The van der Waals surface area contributed by atoms with Crippen molar-refractivity contribution in [3.63, 3.8) is 0 Å². The van der Waals surface area contributed by atoms with Crippen LogP contribution in [0.5, 0.6) is 0 Å². The predicted octanol–water partition coefficient (Wildman–Crippen LogP) is 3.24. The highest BCUT2D eigenvalue weighted by atomic mass is 19.4. The van der Waals surface area contributed by atoms with Crippen LogP contribution in [0.25, 0.3) is 0 Å². The van der Waals surface area contributed by atoms with Crippen LogP contribution in [0.4, 0.5) is 13.2 Å². The molecule has 2 rings (SSSR count). The maximum Gasteiger partial charge on any atom is 0.391 e. The van der Waals surface area contributed by atoms with Gasteiger partial charge in [0.1, 0.15) is 0 Å². The monoisotopic (exact) mass is 290 g/mol. The molecule has 1 aromatic rings. The van der Waals surface area contributed by atoms with Gasteiger partial charge in [-0.2, -0.15) is 18.3 Å². The summed E-state index contributed by atoms with van der Waals surface area (Å²) in [6, 6.07) is 1.90. The zero-order valence-electron chi connectivity index (χ0n) is 11.9. The van der Waals surface area contributed by atoms with Gasteiger partial charge in [-0.1, -0.05) is 0 Å². The van der Waals surface area contributed by atoms with Crippen molar-refractivity contribution in [3.05, 3.63) is 17.5 Å². The van der Waals surface area contributed by atoms with Gasteiger partial charge in [-0.3, -0.25) is 4.68 Å². The van der Waals surface area contributed by atoms with Gasteiger partial charge in [-0.25, -0.2) is 0 Å². The van der Waals surface area contributed by atoms with E-state index in [1.54, 1.807) is 0 Å². The van der Waals surface area contributed by atoms with Crippen LogP contribution in [0.15, 0.2) is 6.07 Å². The zero-order valence-corrected chi connectivity index (χ0v) is 11.9. The van der Waals surface area contributed by atoms with Gasteiger partial charge in [0, 0.05) is 18.7 Å². The summed E-state index contributed by atoms with van der Waals surface area (Å²) in [5.74, 6) is -1.26. The molecule has 0 saturated heterocycles. The fourth-order valence-corrected chi connectivity index (χ4v) is 3.01. The van der Waals surface area contributed by atoms with Gasteiger partial charge in [0.15, 0.2) is 0 Å². The summed E-state index contributed by atoms with van der Waals surface area (Å²) in [6.45, 7) is 4.53. The molecular formula is C14H21F3N2O. The Bertz CT molecular complexity index is 459. The average Bonchev–Trinajstić information content (AvgIpc) is 2.68. The fraction of sp³-hybridized carbons (Fsp3) is 0.786. The Labute approximate surface area is 116 Å². The molecule has 1 aromatic heterocycles. The van der Waals surface area contributed by atoms with Crippen molar-refractivity contribution in [2.75, 3.05) is 0 Å². The lowest BCUT2D eigenvalue weighted by atomic mass is 9.76. The normalized spacial score (nSPS) is 27.8. The third-order valence-corrected chi connectivity index (χ3v) is 4.17. The van der Waals surface area contributed by atoms with Crippen LogP contribution in [0.2, 0.25) is 0 Å². The molecule has 1 aliphatic rings. The molecule has 114 valence electrons. The Morgan fingerprint density at radius 2 is 2.00 bits per heavy atom. The highest BCUT2D eigenvalue weighted by Gasteiger charge is 2.45. The summed E-state index contributed by atoms with van der Waals surface area (Å²) >= 11 is 0. The first-order chi connectivity index (χ1) is 9.23. The van der Waals surface area contributed by atoms with Gasteiger partial charge in [-0.05, 0) is 45.6 Å². The van der Waals surface area contributed by atoms with Crippen LogP contribution >= 0.6 is 0 Å². The third-order valence-electron chi connectivity index (χ3n) is 4.17. The number of nitrogens with zero attached hydrogens (tertiary/aromatic N) is 2. The van der Waals surface area contributed by atoms with Gasteiger partial charge >= 0.3 is 6.18 Å². The van der Waals surface area contributed by atoms with Crippen LogP contribution in [-0.2, 0) is 13.0 Å². The van der Waals surface area contributed by atoms with Crippen LogP contribution in [-0.4, -0.2) is 26.7 Å². The standard InChI is InChI=1S/C14H21F3N2O/c1-3-19-12(8-10(2)18-19)9-13(20)6-4-11(5-7-13)14(15,16)17/h8,11,20H,3-7,9H2,1-2H3. The molecular weight excluding hydrogens is 269 g/mol. The number of hydrogen-bond donors (Lipinski definition) is 1. The van der Waals surface area contributed by atoms with Gasteiger partial charge in [0.05, 0.1) is 17.2 Å². The van der Waals surface area contributed by atoms with Gasteiger partial charge < -0.3 is 5.11 Å². The van der Waals surface area contributed by atoms with Crippen LogP contribution in [0.3, 0.4) is 0 Å². The Morgan fingerprint density at radius 1 is 1.40 bits per heavy atom. The number of aromatic nitrogens is 2. The highest BCUT2D eigenvalue weighted by molar-refractivity contribution is 5.12. The Hall–Kier alpha value is -1.04. The summed E-state index contributed by atoms with van der Waals surface area (Å²) < 4.78 is 39.7. The van der Waals surface area contributed by atoms with Crippen molar-refractivity contribution in [2.24, 2.45) is 5.92 Å². The first kappa shape index (κ1) is 15.4. The molecule has 0 amide bonds. The molecule has 6 heteroatoms. The van der Waals surface area contributed by atoms with Gasteiger partial charge in [0.2, 0.25) is 0 Å². The number of hydrogen-bond acceptors (Lipinski definition) is 2. The molecule has 0 spiro atoms. The molecule has 0 bridgehead atoms. The van der Waals surface area contributed by atoms with Gasteiger partial charge in [0.25, 0.3) is 0 Å². The third kappa shape index (κ3) is 3.34. The van der Waals surface area contributed by atoms with E-state index in [9.17, 15) is 18.3 Å². The summed E-state index contributed by atoms with van der Waals surface area (Å²) in [5, 5.41) is 14.8. The van der Waals surface area contributed by atoms with E-state index in [1.807, 2.05) is 24.6 Å². The number of halogens is 3. The zero-order chi connectivity index (χ0) is 15.0. The number of alkyl halides is 3. The second-order valence-electron chi connectivity index (χ2n) is 5.81. The molecule has 0 aliphatic heterocycles. The minimum absolute atomic E-state index is 0.0131. The highest BCUT2D eigenvalue weighted by Crippen LogP contribution is 2.42. The predicted molar refractivity (Wildman–Crippen MR) is 69.3 cm³/mol. The lowest BCUT2D eigenvalue weighted by molar-refractivity contribution is -0.192. The van der Waals surface area contributed by atoms with E-state index < -0.39 is 17.7 Å². The Kier molecular flexibility index (Phi) is 4.14. The molecule has 1 aliphatic carbocycles. The molecule has 0 radical (unpaired) electrons. The Balaban J connectivity index is 2.03. The van der Waals surface area contributed by atoms with E-state index in [2.05, 4.69) is 5.10 Å². The number of aliphatic hydroxyl groups is 1. The molecule has 1 heterocycles. The molecule has 1 saturated carbocycles. The first-order valence-electron chi connectivity index (χ1n) is 7.06. The quantitative estimate of drug-likeness (QED) is 0.928. The molecule has 0 atom stereocenters. The second kappa shape index (κ2) is 5.39. The summed E-state index contributed by atoms with van der Waals surface area (Å²) in [4.78, 5) is 0. The minimum Gasteiger partial charge on any atom is -0.389 e. The van der Waals surface area contributed by atoms with E-state index in [-0.39, 0.29) is 25.7 Å². The van der Waals surface area contributed by atoms with E-state index in [4.69, 9.17) is 0 Å². The van der Waals surface area contributed by atoms with Crippen molar-refractivity contribution in [3.8, 4) is 0 Å². The van der Waals surface area contributed by atoms with Crippen molar-refractivity contribution < 1.29 is 18.3 Å². The topological polar surface area (TPSA) is 38.0 Å². The van der Waals surface area contributed by atoms with E-state index in [1.165, 1.54) is 0 Å². The van der Waals surface area contributed by atoms with Crippen LogP contribution in [0, 0.1) is 12.8 Å². The van der Waals surface area contributed by atoms with Crippen molar-refractivity contribution in [2.45, 2.75) is 64.3 Å². The molecule has 20 heavy (non-hydrogen) atoms. The smallest absolute Gasteiger partial charge is 0.389 e. The minimum atomic E-state index is -4.14. The van der Waals surface area contributed by atoms with Crippen LogP contribution in [0.1, 0.15) is 44.0 Å². The largest absolute Gasteiger partial charge is 0.391 e. The second-order valence-corrected chi connectivity index (χ2v) is 5.81. The maximum absolute atomic E-state index is 12.6. The summed E-state index contributed by atoms with van der Waals surface area (Å²) in [7, 11) is 0. The SMILES string of the molecule is CCn1nc(C)cc1CC1(O)CCC(C(F)(F)F)CC1. The van der Waals surface area contributed by atoms with Crippen LogP contribution < -0.4 is 0 Å². The molecule has 3 nitrogen and oxygen atoms in total. The van der Waals surface area contributed by atoms with Crippen molar-refractivity contribution in [1.29, 1.82) is 0 Å². The number of aryl methyl sites for hydroxylation is 2. The summed E-state index contributed by atoms with van der Waals surface area (Å²) in [6.07, 6.45) is -3.33. The maximum atomic E-state index is 12.6. The molecule has 0 aromatic carbocycles. The van der Waals surface area contributed by atoms with Crippen molar-refractivity contribution in [1.82, 2.24) is 9.78 Å². The van der Waals surface area contributed by atoms with Gasteiger partial charge in [-0.15, -0.1) is 0 Å². The fourth-order valence-electron chi connectivity index (χ4n) is 3.01. The van der Waals surface area contributed by atoms with Crippen molar-refractivity contribution >= 4 is 0 Å².